The lowest BCUT2D eigenvalue weighted by Crippen LogP contribution is -2.31. The number of carbonyl (C=O) groups excluding carboxylic acids is 1. The van der Waals surface area contributed by atoms with Crippen molar-refractivity contribution in [1.29, 1.82) is 0 Å². The highest BCUT2D eigenvalue weighted by molar-refractivity contribution is 7.16. The van der Waals surface area contributed by atoms with E-state index in [9.17, 15) is 13.6 Å². The van der Waals surface area contributed by atoms with Gasteiger partial charge in [0.15, 0.2) is 0 Å². The lowest BCUT2D eigenvalue weighted by atomic mass is 10.1. The number of rotatable bonds is 2. The molecule has 0 saturated carbocycles. The van der Waals surface area contributed by atoms with Crippen molar-refractivity contribution in [2.75, 3.05) is 4.90 Å². The first-order valence-electron chi connectivity index (χ1n) is 5.77. The van der Waals surface area contributed by atoms with Crippen molar-refractivity contribution in [1.82, 2.24) is 0 Å². The Bertz CT molecular complexity index is 704. The summed E-state index contributed by atoms with van der Waals surface area (Å²) >= 11 is 7.14. The van der Waals surface area contributed by atoms with Crippen LogP contribution >= 0.6 is 22.9 Å². The van der Waals surface area contributed by atoms with Gasteiger partial charge in [0.2, 0.25) is 5.91 Å². The molecule has 2 N–H and O–H groups in total. The van der Waals surface area contributed by atoms with Crippen LogP contribution in [0.3, 0.4) is 0 Å². The van der Waals surface area contributed by atoms with E-state index in [1.807, 2.05) is 0 Å². The summed E-state index contributed by atoms with van der Waals surface area (Å²) in [6.07, 6.45) is 0. The molecule has 1 aromatic carbocycles. The third kappa shape index (κ3) is 2.09. The molecule has 1 amide bonds. The molecule has 3 nitrogen and oxygen atoms in total. The molecule has 1 unspecified atom stereocenters. The molecule has 20 heavy (non-hydrogen) atoms. The minimum Gasteiger partial charge on any atom is -0.316 e. The van der Waals surface area contributed by atoms with Crippen molar-refractivity contribution in [2.24, 2.45) is 5.73 Å². The molecule has 0 spiro atoms. The topological polar surface area (TPSA) is 46.3 Å². The monoisotopic (exact) mass is 314 g/mol. The average molecular weight is 315 g/mol. The van der Waals surface area contributed by atoms with Crippen molar-refractivity contribution < 1.29 is 13.6 Å². The maximum absolute atomic E-state index is 13.8. The molecule has 1 aliphatic heterocycles. The van der Waals surface area contributed by atoms with E-state index >= 15 is 0 Å². The molecule has 1 aliphatic rings. The van der Waals surface area contributed by atoms with Crippen LogP contribution in [0, 0.1) is 11.6 Å². The van der Waals surface area contributed by atoms with Gasteiger partial charge in [-0.2, -0.15) is 0 Å². The SMILES string of the molecule is NC1C(=O)N(Cc2ccc(Cl)s2)c2cc(F)cc(F)c21. The Labute approximate surface area is 122 Å². The van der Waals surface area contributed by atoms with E-state index in [0.29, 0.717) is 4.34 Å². The van der Waals surface area contributed by atoms with Gasteiger partial charge < -0.3 is 10.6 Å². The quantitative estimate of drug-likeness (QED) is 0.925. The van der Waals surface area contributed by atoms with Crippen LogP contribution < -0.4 is 10.6 Å². The summed E-state index contributed by atoms with van der Waals surface area (Å²) in [5.41, 5.74) is 5.94. The lowest BCUT2D eigenvalue weighted by molar-refractivity contribution is -0.119. The number of nitrogens with two attached hydrogens (primary N) is 1. The van der Waals surface area contributed by atoms with Crippen molar-refractivity contribution >= 4 is 34.5 Å². The molecule has 3 rings (SSSR count). The Morgan fingerprint density at radius 1 is 1.35 bits per heavy atom. The van der Waals surface area contributed by atoms with E-state index in [4.69, 9.17) is 17.3 Å². The third-order valence-electron chi connectivity index (χ3n) is 3.15. The standard InChI is InChI=1S/C13H9ClF2N2OS/c14-10-2-1-7(20-10)5-18-9-4-6(15)3-8(16)11(9)12(17)13(18)19/h1-4,12H,5,17H2. The highest BCUT2D eigenvalue weighted by Crippen LogP contribution is 2.38. The van der Waals surface area contributed by atoms with Gasteiger partial charge in [-0.15, -0.1) is 11.3 Å². The van der Waals surface area contributed by atoms with E-state index in [0.717, 1.165) is 17.0 Å². The van der Waals surface area contributed by atoms with Crippen molar-refractivity contribution in [2.45, 2.75) is 12.6 Å². The molecule has 0 bridgehead atoms. The summed E-state index contributed by atoms with van der Waals surface area (Å²) in [5.74, 6) is -1.99. The van der Waals surface area contributed by atoms with Gasteiger partial charge in [0.05, 0.1) is 16.6 Å². The van der Waals surface area contributed by atoms with Gasteiger partial charge in [-0.1, -0.05) is 11.6 Å². The highest BCUT2D eigenvalue weighted by atomic mass is 35.5. The summed E-state index contributed by atoms with van der Waals surface area (Å²) in [7, 11) is 0. The Hall–Kier alpha value is -1.50. The number of carbonyl (C=O) groups is 1. The zero-order valence-corrected chi connectivity index (χ0v) is 11.6. The molecule has 0 radical (unpaired) electrons. The van der Waals surface area contributed by atoms with Gasteiger partial charge in [0.25, 0.3) is 0 Å². The van der Waals surface area contributed by atoms with Crippen LogP contribution in [0.25, 0.3) is 0 Å². The van der Waals surface area contributed by atoms with E-state index in [1.54, 1.807) is 12.1 Å². The van der Waals surface area contributed by atoms with E-state index in [1.165, 1.54) is 16.2 Å². The fraction of sp³-hybridized carbons (Fsp3) is 0.154. The fourth-order valence-corrected chi connectivity index (χ4v) is 3.34. The summed E-state index contributed by atoms with van der Waals surface area (Å²) in [5, 5.41) is 0. The second-order valence-corrected chi connectivity index (χ2v) is 6.23. The predicted octanol–water partition coefficient (Wildman–Crippen LogP) is 3.23. The van der Waals surface area contributed by atoms with Gasteiger partial charge in [0.1, 0.15) is 17.7 Å². The Morgan fingerprint density at radius 3 is 2.75 bits per heavy atom. The van der Waals surface area contributed by atoms with Crippen LogP contribution in [0.2, 0.25) is 4.34 Å². The van der Waals surface area contributed by atoms with Crippen molar-refractivity contribution in [3.05, 3.63) is 50.7 Å². The van der Waals surface area contributed by atoms with Crippen molar-refractivity contribution in [3.63, 3.8) is 0 Å². The zero-order valence-electron chi connectivity index (χ0n) is 10.1. The molecule has 1 atom stereocenters. The van der Waals surface area contributed by atoms with Gasteiger partial charge in [-0.25, -0.2) is 8.78 Å². The van der Waals surface area contributed by atoms with Gasteiger partial charge in [-0.05, 0) is 18.2 Å². The first-order valence-corrected chi connectivity index (χ1v) is 6.97. The number of halogens is 3. The van der Waals surface area contributed by atoms with Gasteiger partial charge in [0, 0.05) is 16.5 Å². The number of anilines is 1. The van der Waals surface area contributed by atoms with Crippen LogP contribution in [-0.2, 0) is 11.3 Å². The number of thiophene rings is 1. The van der Waals surface area contributed by atoms with Crippen LogP contribution in [-0.4, -0.2) is 5.91 Å². The fourth-order valence-electron chi connectivity index (χ4n) is 2.27. The third-order valence-corrected chi connectivity index (χ3v) is 4.37. The van der Waals surface area contributed by atoms with Gasteiger partial charge in [-0.3, -0.25) is 4.79 Å². The highest BCUT2D eigenvalue weighted by Gasteiger charge is 2.37. The van der Waals surface area contributed by atoms with Crippen LogP contribution in [0.5, 0.6) is 0 Å². The predicted molar refractivity (Wildman–Crippen MR) is 73.8 cm³/mol. The molecular weight excluding hydrogens is 306 g/mol. The number of hydrogen-bond donors (Lipinski definition) is 1. The summed E-state index contributed by atoms with van der Waals surface area (Å²) in [6, 6.07) is 4.23. The molecule has 7 heteroatoms. The molecule has 0 aliphatic carbocycles. The van der Waals surface area contributed by atoms with E-state index in [-0.39, 0.29) is 17.8 Å². The Morgan fingerprint density at radius 2 is 2.10 bits per heavy atom. The van der Waals surface area contributed by atoms with Crippen molar-refractivity contribution in [3.8, 4) is 0 Å². The minimum atomic E-state index is -1.10. The summed E-state index contributed by atoms with van der Waals surface area (Å²) < 4.78 is 27.7. The number of hydrogen-bond acceptors (Lipinski definition) is 3. The Kier molecular flexibility index (Phi) is 3.24. The lowest BCUT2D eigenvalue weighted by Gasteiger charge is -2.16. The molecule has 2 heterocycles. The summed E-state index contributed by atoms with van der Waals surface area (Å²) in [6.45, 7) is 0.194. The number of amides is 1. The van der Waals surface area contributed by atoms with E-state index < -0.39 is 23.6 Å². The van der Waals surface area contributed by atoms with Gasteiger partial charge >= 0.3 is 0 Å². The first kappa shape index (κ1) is 13.5. The molecular formula is C13H9ClF2N2OS. The molecule has 0 fully saturated rings. The van der Waals surface area contributed by atoms with E-state index in [2.05, 4.69) is 0 Å². The second kappa shape index (κ2) is 4.80. The second-order valence-electron chi connectivity index (χ2n) is 4.43. The van der Waals surface area contributed by atoms with Crippen LogP contribution in [0.15, 0.2) is 24.3 Å². The largest absolute Gasteiger partial charge is 0.316 e. The molecule has 104 valence electrons. The van der Waals surface area contributed by atoms with Crippen LogP contribution in [0.4, 0.5) is 14.5 Å². The first-order chi connectivity index (χ1) is 9.47. The maximum atomic E-state index is 13.8. The molecule has 0 saturated heterocycles. The normalized spacial score (nSPS) is 17.7. The Balaban J connectivity index is 2.03. The molecule has 1 aromatic heterocycles. The average Bonchev–Trinajstić information content (AvgIpc) is 2.87. The summed E-state index contributed by atoms with van der Waals surface area (Å²) in [4.78, 5) is 14.2. The number of benzene rings is 1. The number of nitrogens with zero attached hydrogens (tertiary/aromatic N) is 1. The smallest absolute Gasteiger partial charge is 0.249 e. The minimum absolute atomic E-state index is 0.0408. The maximum Gasteiger partial charge on any atom is 0.249 e. The molecule has 2 aromatic rings. The zero-order chi connectivity index (χ0) is 14.4. The number of fused-ring (bicyclic) bond motifs is 1. The van der Waals surface area contributed by atoms with Crippen LogP contribution in [0.1, 0.15) is 16.5 Å².